The maximum absolute atomic E-state index is 12.6. The smallest absolute Gasteiger partial charge is 0.243 e. The Morgan fingerprint density at radius 1 is 1.38 bits per heavy atom. The van der Waals surface area contributed by atoms with E-state index in [0.29, 0.717) is 17.1 Å². The Bertz CT molecular complexity index is 746. The molecule has 0 radical (unpaired) electrons. The first kappa shape index (κ1) is 16.9. The van der Waals surface area contributed by atoms with Crippen LogP contribution in [-0.2, 0) is 23.1 Å². The fraction of sp³-hybridized carbons (Fsp3) is 0.231. The number of sulfonamides is 1. The van der Waals surface area contributed by atoms with Crippen molar-refractivity contribution in [2.24, 2.45) is 5.73 Å². The van der Waals surface area contributed by atoms with E-state index in [0.717, 1.165) is 9.35 Å². The second kappa shape index (κ2) is 6.76. The van der Waals surface area contributed by atoms with Crippen molar-refractivity contribution in [2.45, 2.75) is 18.0 Å². The van der Waals surface area contributed by atoms with Crippen LogP contribution in [0.5, 0.6) is 0 Å². The number of nitrogens with zero attached hydrogens (tertiary/aromatic N) is 1. The Hall–Kier alpha value is -0.440. The standard InChI is InChI=1S/C13H14BrClN2O2S2/c1-17(7-11-5-10(14)8-20-11)21(18,19)12-2-3-13(15)9(4-12)6-16/h2-5,8H,6-7,16H2,1H3. The topological polar surface area (TPSA) is 63.4 Å². The minimum Gasteiger partial charge on any atom is -0.326 e. The molecule has 0 saturated carbocycles. The lowest BCUT2D eigenvalue weighted by Gasteiger charge is -2.17. The van der Waals surface area contributed by atoms with Crippen molar-refractivity contribution in [3.05, 3.63) is 49.6 Å². The summed E-state index contributed by atoms with van der Waals surface area (Å²) in [7, 11) is -2.01. The summed E-state index contributed by atoms with van der Waals surface area (Å²) in [5.41, 5.74) is 6.18. The molecule has 0 fully saturated rings. The Morgan fingerprint density at radius 3 is 2.67 bits per heavy atom. The summed E-state index contributed by atoms with van der Waals surface area (Å²) in [6, 6.07) is 6.49. The minimum absolute atomic E-state index is 0.198. The van der Waals surface area contributed by atoms with E-state index in [-0.39, 0.29) is 11.4 Å². The summed E-state index contributed by atoms with van der Waals surface area (Å²) in [5, 5.41) is 2.39. The van der Waals surface area contributed by atoms with Crippen molar-refractivity contribution in [1.29, 1.82) is 0 Å². The van der Waals surface area contributed by atoms with E-state index in [2.05, 4.69) is 15.9 Å². The average Bonchev–Trinajstić information content (AvgIpc) is 2.84. The third-order valence-corrected chi connectivity index (χ3v) is 6.80. The molecule has 0 saturated heterocycles. The van der Waals surface area contributed by atoms with Gasteiger partial charge in [-0.3, -0.25) is 0 Å². The zero-order valence-corrected chi connectivity index (χ0v) is 15.2. The molecule has 0 amide bonds. The molecule has 0 aliphatic carbocycles. The molecule has 0 aliphatic heterocycles. The minimum atomic E-state index is -3.57. The molecule has 0 aliphatic rings. The first-order valence-electron chi connectivity index (χ1n) is 6.02. The van der Waals surface area contributed by atoms with E-state index in [9.17, 15) is 8.42 Å². The van der Waals surface area contributed by atoms with Gasteiger partial charge in [0.1, 0.15) is 0 Å². The van der Waals surface area contributed by atoms with Gasteiger partial charge in [0.25, 0.3) is 0 Å². The van der Waals surface area contributed by atoms with Crippen LogP contribution in [0.3, 0.4) is 0 Å². The highest BCUT2D eigenvalue weighted by molar-refractivity contribution is 9.10. The number of rotatable bonds is 5. The quantitative estimate of drug-likeness (QED) is 0.822. The summed E-state index contributed by atoms with van der Waals surface area (Å²) >= 11 is 10.8. The largest absolute Gasteiger partial charge is 0.326 e. The zero-order valence-electron chi connectivity index (χ0n) is 11.2. The predicted molar refractivity (Wildman–Crippen MR) is 90.0 cm³/mol. The monoisotopic (exact) mass is 408 g/mol. The molecule has 21 heavy (non-hydrogen) atoms. The number of thiophene rings is 1. The molecule has 0 bridgehead atoms. The molecule has 0 spiro atoms. The van der Waals surface area contributed by atoms with Gasteiger partial charge in [-0.15, -0.1) is 11.3 Å². The average molecular weight is 410 g/mol. The van der Waals surface area contributed by atoms with Gasteiger partial charge in [-0.2, -0.15) is 4.31 Å². The molecule has 0 unspecified atom stereocenters. The van der Waals surface area contributed by atoms with Gasteiger partial charge in [0, 0.05) is 39.9 Å². The maximum atomic E-state index is 12.6. The van der Waals surface area contributed by atoms with Gasteiger partial charge in [0.2, 0.25) is 10.0 Å². The molecule has 1 aromatic carbocycles. The second-order valence-electron chi connectivity index (χ2n) is 4.45. The van der Waals surface area contributed by atoms with Crippen LogP contribution in [0.1, 0.15) is 10.4 Å². The van der Waals surface area contributed by atoms with Crippen LogP contribution < -0.4 is 5.73 Å². The second-order valence-corrected chi connectivity index (χ2v) is 8.81. The third-order valence-electron chi connectivity index (χ3n) is 2.95. The van der Waals surface area contributed by atoms with Crippen molar-refractivity contribution < 1.29 is 8.42 Å². The molecule has 8 heteroatoms. The molecule has 4 nitrogen and oxygen atoms in total. The van der Waals surface area contributed by atoms with Crippen molar-refractivity contribution in [1.82, 2.24) is 4.31 Å². The summed E-state index contributed by atoms with van der Waals surface area (Å²) in [4.78, 5) is 1.16. The van der Waals surface area contributed by atoms with E-state index in [1.54, 1.807) is 13.1 Å². The van der Waals surface area contributed by atoms with Crippen LogP contribution in [0, 0.1) is 0 Å². The Labute approximate surface area is 141 Å². The van der Waals surface area contributed by atoms with Gasteiger partial charge < -0.3 is 5.73 Å². The molecule has 1 heterocycles. The lowest BCUT2D eigenvalue weighted by Crippen LogP contribution is -2.26. The van der Waals surface area contributed by atoms with Gasteiger partial charge in [-0.05, 0) is 45.8 Å². The summed E-state index contributed by atoms with van der Waals surface area (Å²) < 4.78 is 27.4. The Morgan fingerprint density at radius 2 is 2.10 bits per heavy atom. The van der Waals surface area contributed by atoms with Crippen LogP contribution in [0.25, 0.3) is 0 Å². The fourth-order valence-electron chi connectivity index (χ4n) is 1.79. The fourth-order valence-corrected chi connectivity index (χ4v) is 4.77. The van der Waals surface area contributed by atoms with Crippen LogP contribution in [0.15, 0.2) is 39.0 Å². The van der Waals surface area contributed by atoms with E-state index in [4.69, 9.17) is 17.3 Å². The van der Waals surface area contributed by atoms with Gasteiger partial charge >= 0.3 is 0 Å². The molecular weight excluding hydrogens is 396 g/mol. The lowest BCUT2D eigenvalue weighted by molar-refractivity contribution is 0.469. The van der Waals surface area contributed by atoms with Crippen LogP contribution in [-0.4, -0.2) is 19.8 Å². The van der Waals surface area contributed by atoms with Crippen molar-refractivity contribution in [3.63, 3.8) is 0 Å². The lowest BCUT2D eigenvalue weighted by atomic mass is 10.2. The van der Waals surface area contributed by atoms with Crippen LogP contribution in [0.4, 0.5) is 0 Å². The first-order chi connectivity index (χ1) is 9.84. The maximum Gasteiger partial charge on any atom is 0.243 e. The third kappa shape index (κ3) is 3.85. The Kier molecular flexibility index (Phi) is 5.45. The van der Waals surface area contributed by atoms with Crippen LogP contribution >= 0.6 is 38.9 Å². The van der Waals surface area contributed by atoms with Gasteiger partial charge in [-0.25, -0.2) is 8.42 Å². The predicted octanol–water partition coefficient (Wildman–Crippen LogP) is 3.44. The van der Waals surface area contributed by atoms with E-state index < -0.39 is 10.0 Å². The number of nitrogens with two attached hydrogens (primary N) is 1. The first-order valence-corrected chi connectivity index (χ1v) is 9.51. The number of hydrogen-bond acceptors (Lipinski definition) is 4. The number of hydrogen-bond donors (Lipinski definition) is 1. The highest BCUT2D eigenvalue weighted by Crippen LogP contribution is 2.25. The summed E-state index contributed by atoms with van der Waals surface area (Å²) in [6.45, 7) is 0.517. The molecule has 114 valence electrons. The molecule has 0 atom stereocenters. The van der Waals surface area contributed by atoms with Crippen molar-refractivity contribution >= 4 is 48.9 Å². The normalized spacial score (nSPS) is 12.0. The van der Waals surface area contributed by atoms with Crippen LogP contribution in [0.2, 0.25) is 5.02 Å². The summed E-state index contributed by atoms with van der Waals surface area (Å²) in [5.74, 6) is 0. The Balaban J connectivity index is 2.28. The number of halogens is 2. The summed E-state index contributed by atoms with van der Waals surface area (Å²) in [6.07, 6.45) is 0. The molecular formula is C13H14BrClN2O2S2. The SMILES string of the molecule is CN(Cc1cc(Br)cs1)S(=O)(=O)c1ccc(Cl)c(CN)c1. The highest BCUT2D eigenvalue weighted by atomic mass is 79.9. The van der Waals surface area contributed by atoms with Crippen molar-refractivity contribution in [3.8, 4) is 0 Å². The molecule has 2 rings (SSSR count). The molecule has 2 aromatic rings. The van der Waals surface area contributed by atoms with E-state index in [1.807, 2.05) is 11.4 Å². The zero-order chi connectivity index (χ0) is 15.6. The van der Waals surface area contributed by atoms with E-state index >= 15 is 0 Å². The van der Waals surface area contributed by atoms with Gasteiger partial charge in [0.05, 0.1) is 4.90 Å². The van der Waals surface area contributed by atoms with Crippen molar-refractivity contribution in [2.75, 3.05) is 7.05 Å². The van der Waals surface area contributed by atoms with Gasteiger partial charge in [-0.1, -0.05) is 11.6 Å². The number of benzene rings is 1. The van der Waals surface area contributed by atoms with Gasteiger partial charge in [0.15, 0.2) is 0 Å². The van der Waals surface area contributed by atoms with E-state index in [1.165, 1.54) is 27.8 Å². The molecule has 2 N–H and O–H groups in total. The molecule has 1 aromatic heterocycles. The highest BCUT2D eigenvalue weighted by Gasteiger charge is 2.22.